The molecule has 1 saturated carbocycles. The van der Waals surface area contributed by atoms with E-state index in [1.165, 1.54) is 0 Å². The number of aliphatic hydroxyl groups excluding tert-OH is 1. The van der Waals surface area contributed by atoms with E-state index in [2.05, 4.69) is 9.38 Å². The second-order valence-electron chi connectivity index (χ2n) is 7.94. The standard InChI is InChI=1S/C24H23ClN4O2/c25-17-2-1-3-20(14-17)31-19-10-6-15(7-11-19)21-22-23(26)27-12-13-29(22)24(28-21)16-4-8-18(30)9-5-16/h1-3,6-7,10-14,16,18,30H,4-5,8-9H2,(H2,26,27). The summed E-state index contributed by atoms with van der Waals surface area (Å²) in [5.41, 5.74) is 8.82. The molecule has 0 spiro atoms. The molecule has 2 aromatic carbocycles. The molecule has 0 saturated heterocycles. The third kappa shape index (κ3) is 3.96. The SMILES string of the molecule is Nc1nccn2c(C3CCC(O)CC3)nc(-c3ccc(Oc4cccc(Cl)c4)cc3)c12. The van der Waals surface area contributed by atoms with Crippen molar-refractivity contribution in [2.45, 2.75) is 37.7 Å². The molecule has 5 rings (SSSR count). The van der Waals surface area contributed by atoms with Gasteiger partial charge in [-0.3, -0.25) is 4.40 Å². The highest BCUT2D eigenvalue weighted by Gasteiger charge is 2.26. The number of halogens is 1. The molecule has 0 aliphatic heterocycles. The summed E-state index contributed by atoms with van der Waals surface area (Å²) in [5.74, 6) is 3.11. The molecular weight excluding hydrogens is 412 g/mol. The summed E-state index contributed by atoms with van der Waals surface area (Å²) in [4.78, 5) is 9.28. The van der Waals surface area contributed by atoms with Gasteiger partial charge in [0.1, 0.15) is 34.4 Å². The molecule has 0 radical (unpaired) electrons. The van der Waals surface area contributed by atoms with Gasteiger partial charge in [-0.25, -0.2) is 9.97 Å². The van der Waals surface area contributed by atoms with Gasteiger partial charge in [0.15, 0.2) is 0 Å². The highest BCUT2D eigenvalue weighted by atomic mass is 35.5. The number of aromatic nitrogens is 3. The van der Waals surface area contributed by atoms with Crippen LogP contribution in [0.2, 0.25) is 5.02 Å². The molecule has 1 aliphatic rings. The van der Waals surface area contributed by atoms with E-state index in [0.717, 1.165) is 48.3 Å². The lowest BCUT2D eigenvalue weighted by molar-refractivity contribution is 0.121. The molecule has 6 nitrogen and oxygen atoms in total. The number of fused-ring (bicyclic) bond motifs is 1. The molecular formula is C24H23ClN4O2. The number of hydrogen-bond donors (Lipinski definition) is 2. The normalized spacial score (nSPS) is 18.9. The largest absolute Gasteiger partial charge is 0.457 e. The highest BCUT2D eigenvalue weighted by molar-refractivity contribution is 6.30. The number of benzene rings is 2. The summed E-state index contributed by atoms with van der Waals surface area (Å²) in [6, 6.07) is 15.1. The average molecular weight is 435 g/mol. The fraction of sp³-hybridized carbons (Fsp3) is 0.250. The first-order valence-corrected chi connectivity index (χ1v) is 10.8. The van der Waals surface area contributed by atoms with Gasteiger partial charge in [-0.05, 0) is 68.1 Å². The number of nitrogen functional groups attached to an aromatic ring is 1. The van der Waals surface area contributed by atoms with Gasteiger partial charge in [0, 0.05) is 28.9 Å². The molecule has 31 heavy (non-hydrogen) atoms. The number of hydrogen-bond acceptors (Lipinski definition) is 5. The lowest BCUT2D eigenvalue weighted by atomic mass is 9.87. The maximum Gasteiger partial charge on any atom is 0.150 e. The van der Waals surface area contributed by atoms with Crippen LogP contribution in [0.15, 0.2) is 60.9 Å². The smallest absolute Gasteiger partial charge is 0.150 e. The fourth-order valence-electron chi connectivity index (χ4n) is 4.26. The summed E-state index contributed by atoms with van der Waals surface area (Å²) in [6.07, 6.45) is 6.83. The molecule has 1 fully saturated rings. The van der Waals surface area contributed by atoms with E-state index >= 15 is 0 Å². The molecule has 0 unspecified atom stereocenters. The van der Waals surface area contributed by atoms with E-state index in [0.29, 0.717) is 22.3 Å². The predicted octanol–water partition coefficient (Wildman–Crippen LogP) is 5.44. The van der Waals surface area contributed by atoms with E-state index in [4.69, 9.17) is 27.1 Å². The number of anilines is 1. The van der Waals surface area contributed by atoms with Crippen molar-refractivity contribution in [2.75, 3.05) is 5.73 Å². The Balaban J connectivity index is 1.49. The molecule has 2 heterocycles. The van der Waals surface area contributed by atoms with Crippen molar-refractivity contribution >= 4 is 22.9 Å². The second kappa shape index (κ2) is 8.21. The Morgan fingerprint density at radius 2 is 1.81 bits per heavy atom. The van der Waals surface area contributed by atoms with Gasteiger partial charge in [0.2, 0.25) is 0 Å². The van der Waals surface area contributed by atoms with Crippen molar-refractivity contribution in [3.05, 3.63) is 71.8 Å². The van der Waals surface area contributed by atoms with Crippen LogP contribution in [0, 0.1) is 0 Å². The van der Waals surface area contributed by atoms with E-state index in [1.54, 1.807) is 12.3 Å². The predicted molar refractivity (Wildman–Crippen MR) is 122 cm³/mol. The van der Waals surface area contributed by atoms with Crippen LogP contribution >= 0.6 is 11.6 Å². The Kier molecular flexibility index (Phi) is 5.26. The quantitative estimate of drug-likeness (QED) is 0.446. The monoisotopic (exact) mass is 434 g/mol. The number of imidazole rings is 1. The van der Waals surface area contributed by atoms with Gasteiger partial charge in [0.05, 0.1) is 6.10 Å². The minimum Gasteiger partial charge on any atom is -0.457 e. The van der Waals surface area contributed by atoms with Crippen LogP contribution in [-0.4, -0.2) is 25.6 Å². The van der Waals surface area contributed by atoms with Crippen molar-refractivity contribution in [1.82, 2.24) is 14.4 Å². The Morgan fingerprint density at radius 3 is 2.55 bits per heavy atom. The topological polar surface area (TPSA) is 85.7 Å². The van der Waals surface area contributed by atoms with E-state index in [1.807, 2.05) is 48.7 Å². The minimum atomic E-state index is -0.208. The number of rotatable bonds is 4. The average Bonchev–Trinajstić information content (AvgIpc) is 3.16. The molecule has 3 N–H and O–H groups in total. The van der Waals surface area contributed by atoms with Crippen LogP contribution in [-0.2, 0) is 0 Å². The summed E-state index contributed by atoms with van der Waals surface area (Å²) < 4.78 is 7.95. The zero-order valence-corrected chi connectivity index (χ0v) is 17.7. The lowest BCUT2D eigenvalue weighted by Crippen LogP contribution is -2.18. The first kappa shape index (κ1) is 19.8. The van der Waals surface area contributed by atoms with Gasteiger partial charge in [0.25, 0.3) is 0 Å². The number of nitrogens with zero attached hydrogens (tertiary/aromatic N) is 3. The van der Waals surface area contributed by atoms with Crippen LogP contribution < -0.4 is 10.5 Å². The Bertz CT molecular complexity index is 1210. The van der Waals surface area contributed by atoms with Crippen LogP contribution in [0.3, 0.4) is 0 Å². The van der Waals surface area contributed by atoms with Gasteiger partial charge in [-0.1, -0.05) is 17.7 Å². The summed E-state index contributed by atoms with van der Waals surface area (Å²) in [5, 5.41) is 10.5. The van der Waals surface area contributed by atoms with Crippen molar-refractivity contribution in [3.8, 4) is 22.8 Å². The maximum absolute atomic E-state index is 9.88. The maximum atomic E-state index is 9.88. The first-order chi connectivity index (χ1) is 15.1. The van der Waals surface area contributed by atoms with Crippen LogP contribution in [0.25, 0.3) is 16.8 Å². The fourth-order valence-corrected chi connectivity index (χ4v) is 4.44. The first-order valence-electron chi connectivity index (χ1n) is 10.4. The highest BCUT2D eigenvalue weighted by Crippen LogP contribution is 2.37. The molecule has 0 amide bonds. The molecule has 2 aromatic heterocycles. The van der Waals surface area contributed by atoms with Gasteiger partial charge >= 0.3 is 0 Å². The molecule has 0 atom stereocenters. The van der Waals surface area contributed by atoms with E-state index in [-0.39, 0.29) is 12.0 Å². The molecule has 0 bridgehead atoms. The zero-order chi connectivity index (χ0) is 21.4. The third-order valence-corrected chi connectivity index (χ3v) is 6.07. The van der Waals surface area contributed by atoms with Gasteiger partial charge < -0.3 is 15.6 Å². The number of ether oxygens (including phenoxy) is 1. The summed E-state index contributed by atoms with van der Waals surface area (Å²) in [7, 11) is 0. The van der Waals surface area contributed by atoms with Crippen molar-refractivity contribution in [3.63, 3.8) is 0 Å². The van der Waals surface area contributed by atoms with Crippen LogP contribution in [0.1, 0.15) is 37.4 Å². The number of aliphatic hydroxyl groups is 1. The van der Waals surface area contributed by atoms with Crippen molar-refractivity contribution in [2.24, 2.45) is 0 Å². The van der Waals surface area contributed by atoms with Crippen molar-refractivity contribution < 1.29 is 9.84 Å². The Morgan fingerprint density at radius 1 is 1.03 bits per heavy atom. The van der Waals surface area contributed by atoms with Crippen LogP contribution in [0.4, 0.5) is 5.82 Å². The summed E-state index contributed by atoms with van der Waals surface area (Å²) in [6.45, 7) is 0. The van der Waals surface area contributed by atoms with E-state index in [9.17, 15) is 5.11 Å². The van der Waals surface area contributed by atoms with Gasteiger partial charge in [-0.15, -0.1) is 0 Å². The molecule has 4 aromatic rings. The van der Waals surface area contributed by atoms with Gasteiger partial charge in [-0.2, -0.15) is 0 Å². The Labute approximate surface area is 185 Å². The number of nitrogens with two attached hydrogens (primary N) is 1. The molecule has 7 heteroatoms. The molecule has 1 aliphatic carbocycles. The second-order valence-corrected chi connectivity index (χ2v) is 8.38. The zero-order valence-electron chi connectivity index (χ0n) is 16.9. The minimum absolute atomic E-state index is 0.208. The van der Waals surface area contributed by atoms with Crippen LogP contribution in [0.5, 0.6) is 11.5 Å². The summed E-state index contributed by atoms with van der Waals surface area (Å²) >= 11 is 6.04. The van der Waals surface area contributed by atoms with E-state index < -0.39 is 0 Å². The lowest BCUT2D eigenvalue weighted by Gasteiger charge is -2.24. The Hall–Kier alpha value is -3.09. The third-order valence-electron chi connectivity index (χ3n) is 5.83. The molecule has 158 valence electrons. The van der Waals surface area contributed by atoms with Crippen molar-refractivity contribution in [1.29, 1.82) is 0 Å².